The average Bonchev–Trinajstić information content (AvgIpc) is 2.80. The number of carboxylic acid groups (broad SMARTS) is 1. The normalized spacial score (nSPS) is 10.4. The van der Waals surface area contributed by atoms with Crippen molar-refractivity contribution in [1.82, 2.24) is 14.1 Å². The summed E-state index contributed by atoms with van der Waals surface area (Å²) in [7, 11) is 0. The second kappa shape index (κ2) is 4.65. The number of nitrogens with zero attached hydrogens (tertiary/aromatic N) is 3. The molecule has 2 heterocycles. The zero-order valence-electron chi connectivity index (χ0n) is 8.98. The Morgan fingerprint density at radius 1 is 1.35 bits per heavy atom. The van der Waals surface area contributed by atoms with Gasteiger partial charge in [-0.3, -0.25) is 4.79 Å². The van der Waals surface area contributed by atoms with Gasteiger partial charge < -0.3 is 14.2 Å². The Labute approximate surface area is 96.8 Å². The van der Waals surface area contributed by atoms with Crippen LogP contribution in [-0.4, -0.2) is 25.2 Å². The number of aromatic carboxylic acids is 1. The number of pyridine rings is 1. The van der Waals surface area contributed by atoms with E-state index in [0.717, 1.165) is 0 Å². The van der Waals surface area contributed by atoms with Gasteiger partial charge in [-0.05, 0) is 6.07 Å². The fraction of sp³-hybridized carbons (Fsp3) is 0.182. The van der Waals surface area contributed by atoms with Gasteiger partial charge in [-0.25, -0.2) is 9.78 Å². The van der Waals surface area contributed by atoms with Crippen LogP contribution in [-0.2, 0) is 13.1 Å². The highest BCUT2D eigenvalue weighted by molar-refractivity contribution is 5.87. The molecule has 0 aromatic carbocycles. The van der Waals surface area contributed by atoms with Crippen molar-refractivity contribution in [3.8, 4) is 0 Å². The molecule has 0 aliphatic carbocycles. The van der Waals surface area contributed by atoms with Crippen molar-refractivity contribution >= 4 is 5.97 Å². The minimum absolute atomic E-state index is 0.107. The summed E-state index contributed by atoms with van der Waals surface area (Å²) >= 11 is 0. The zero-order chi connectivity index (χ0) is 12.3. The lowest BCUT2D eigenvalue weighted by atomic mass is 10.3. The molecule has 2 aromatic rings. The van der Waals surface area contributed by atoms with Gasteiger partial charge in [0.2, 0.25) is 0 Å². The zero-order valence-corrected chi connectivity index (χ0v) is 8.98. The lowest BCUT2D eigenvalue weighted by molar-refractivity contribution is 0.0695. The number of rotatable bonds is 4. The average molecular weight is 233 g/mol. The van der Waals surface area contributed by atoms with E-state index in [-0.39, 0.29) is 11.1 Å². The molecule has 1 N–H and O–H groups in total. The van der Waals surface area contributed by atoms with Crippen molar-refractivity contribution in [1.29, 1.82) is 0 Å². The first-order valence-corrected chi connectivity index (χ1v) is 5.06. The summed E-state index contributed by atoms with van der Waals surface area (Å²) in [6.07, 6.45) is 6.43. The summed E-state index contributed by atoms with van der Waals surface area (Å²) in [5, 5.41) is 8.82. The van der Waals surface area contributed by atoms with E-state index < -0.39 is 5.97 Å². The molecule has 0 spiro atoms. The van der Waals surface area contributed by atoms with Crippen molar-refractivity contribution in [3.63, 3.8) is 0 Å². The molecule has 2 rings (SSSR count). The molecule has 0 bridgehead atoms. The summed E-state index contributed by atoms with van der Waals surface area (Å²) in [5.74, 6) is -1.04. The molecule has 0 radical (unpaired) electrons. The monoisotopic (exact) mass is 233 g/mol. The minimum Gasteiger partial charge on any atom is -0.478 e. The van der Waals surface area contributed by atoms with Crippen molar-refractivity contribution < 1.29 is 9.90 Å². The van der Waals surface area contributed by atoms with E-state index in [0.29, 0.717) is 13.1 Å². The van der Waals surface area contributed by atoms with E-state index in [1.165, 1.54) is 22.9 Å². The van der Waals surface area contributed by atoms with Crippen LogP contribution >= 0.6 is 0 Å². The molecule has 0 fully saturated rings. The summed E-state index contributed by atoms with van der Waals surface area (Å²) < 4.78 is 3.20. The molecule has 6 heteroatoms. The molecule has 0 aliphatic heterocycles. The molecule has 6 nitrogen and oxygen atoms in total. The number of aromatic nitrogens is 3. The quantitative estimate of drug-likeness (QED) is 0.831. The number of aryl methyl sites for hydroxylation is 2. The van der Waals surface area contributed by atoms with E-state index in [1.807, 2.05) is 4.57 Å². The van der Waals surface area contributed by atoms with E-state index >= 15 is 0 Å². The van der Waals surface area contributed by atoms with Gasteiger partial charge in [-0.2, -0.15) is 0 Å². The Kier molecular flexibility index (Phi) is 3.04. The highest BCUT2D eigenvalue weighted by atomic mass is 16.4. The molecule has 0 saturated heterocycles. The molecule has 0 saturated carbocycles. The van der Waals surface area contributed by atoms with Gasteiger partial charge in [0.15, 0.2) is 0 Å². The standard InChI is InChI=1S/C11H11N3O3/c15-10-2-1-9(11(16)17)7-14(10)6-5-13-4-3-12-8-13/h1-4,7-8H,5-6H2,(H,16,17). The molecule has 2 aromatic heterocycles. The van der Waals surface area contributed by atoms with Gasteiger partial charge in [0.05, 0.1) is 11.9 Å². The Hall–Kier alpha value is -2.37. The van der Waals surface area contributed by atoms with Crippen LogP contribution < -0.4 is 5.56 Å². The summed E-state index contributed by atoms with van der Waals surface area (Å²) in [6.45, 7) is 0.985. The third-order valence-corrected chi connectivity index (χ3v) is 2.39. The summed E-state index contributed by atoms with van der Waals surface area (Å²) in [5.41, 5.74) is -0.106. The SMILES string of the molecule is O=C(O)c1ccc(=O)n(CCn2ccnc2)c1. The molecule has 0 aliphatic rings. The van der Waals surface area contributed by atoms with Gasteiger partial charge in [0, 0.05) is 37.7 Å². The molecule has 0 amide bonds. The summed E-state index contributed by atoms with van der Waals surface area (Å²) in [6, 6.07) is 2.57. The van der Waals surface area contributed by atoms with Crippen molar-refractivity contribution in [2.75, 3.05) is 0 Å². The third-order valence-electron chi connectivity index (χ3n) is 2.39. The molecule has 0 atom stereocenters. The van der Waals surface area contributed by atoms with Crippen LogP contribution in [0, 0.1) is 0 Å². The predicted octanol–water partition coefficient (Wildman–Crippen LogP) is 0.443. The first kappa shape index (κ1) is 11.1. The maximum Gasteiger partial charge on any atom is 0.337 e. The number of carboxylic acids is 1. The van der Waals surface area contributed by atoms with Crippen LogP contribution in [0.4, 0.5) is 0 Å². The predicted molar refractivity (Wildman–Crippen MR) is 59.9 cm³/mol. The van der Waals surface area contributed by atoms with E-state index in [9.17, 15) is 9.59 Å². The number of hydrogen-bond acceptors (Lipinski definition) is 3. The Morgan fingerprint density at radius 3 is 2.82 bits per heavy atom. The smallest absolute Gasteiger partial charge is 0.337 e. The van der Waals surface area contributed by atoms with E-state index in [4.69, 9.17) is 5.11 Å². The van der Waals surface area contributed by atoms with Gasteiger partial charge in [-0.15, -0.1) is 0 Å². The fourth-order valence-electron chi connectivity index (χ4n) is 1.47. The van der Waals surface area contributed by atoms with Crippen LogP contribution in [0.3, 0.4) is 0 Å². The second-order valence-electron chi connectivity index (χ2n) is 3.56. The molecular formula is C11H11N3O3. The first-order chi connectivity index (χ1) is 8.16. The van der Waals surface area contributed by atoms with Gasteiger partial charge in [0.25, 0.3) is 5.56 Å². The Balaban J connectivity index is 2.17. The maximum absolute atomic E-state index is 11.5. The van der Waals surface area contributed by atoms with Crippen molar-refractivity contribution in [3.05, 3.63) is 53.0 Å². The maximum atomic E-state index is 11.5. The van der Waals surface area contributed by atoms with Crippen molar-refractivity contribution in [2.45, 2.75) is 13.1 Å². The minimum atomic E-state index is -1.04. The fourth-order valence-corrected chi connectivity index (χ4v) is 1.47. The van der Waals surface area contributed by atoms with Crippen molar-refractivity contribution in [2.24, 2.45) is 0 Å². The van der Waals surface area contributed by atoms with E-state index in [1.54, 1.807) is 18.7 Å². The van der Waals surface area contributed by atoms with Crippen LogP contribution in [0.25, 0.3) is 0 Å². The van der Waals surface area contributed by atoms with Crippen LogP contribution in [0.1, 0.15) is 10.4 Å². The highest BCUT2D eigenvalue weighted by Crippen LogP contribution is 1.96. The summed E-state index contributed by atoms with van der Waals surface area (Å²) in [4.78, 5) is 26.1. The van der Waals surface area contributed by atoms with Crippen LogP contribution in [0.5, 0.6) is 0 Å². The van der Waals surface area contributed by atoms with Gasteiger partial charge in [0.1, 0.15) is 0 Å². The first-order valence-electron chi connectivity index (χ1n) is 5.06. The van der Waals surface area contributed by atoms with Crippen LogP contribution in [0.2, 0.25) is 0 Å². The third kappa shape index (κ3) is 2.60. The lowest BCUT2D eigenvalue weighted by Gasteiger charge is -2.06. The largest absolute Gasteiger partial charge is 0.478 e. The number of carbonyl (C=O) groups is 1. The van der Waals surface area contributed by atoms with Gasteiger partial charge in [-0.1, -0.05) is 0 Å². The lowest BCUT2D eigenvalue weighted by Crippen LogP contribution is -2.22. The molecular weight excluding hydrogens is 222 g/mol. The Bertz CT molecular complexity index is 572. The molecule has 0 unspecified atom stereocenters. The van der Waals surface area contributed by atoms with Gasteiger partial charge >= 0.3 is 5.97 Å². The highest BCUT2D eigenvalue weighted by Gasteiger charge is 2.04. The second-order valence-corrected chi connectivity index (χ2v) is 3.56. The topological polar surface area (TPSA) is 77.1 Å². The number of imidazole rings is 1. The number of hydrogen-bond donors (Lipinski definition) is 1. The van der Waals surface area contributed by atoms with E-state index in [2.05, 4.69) is 4.98 Å². The van der Waals surface area contributed by atoms with Crippen LogP contribution in [0.15, 0.2) is 41.8 Å². The molecule has 88 valence electrons. The molecule has 17 heavy (non-hydrogen) atoms. The Morgan fingerprint density at radius 2 is 2.18 bits per heavy atom.